The number of fused-ring (bicyclic) bond motifs is 1. The minimum absolute atomic E-state index is 0.0855. The summed E-state index contributed by atoms with van der Waals surface area (Å²) in [6.07, 6.45) is 0.654. The molecule has 37 heavy (non-hydrogen) atoms. The number of para-hydroxylation sites is 1. The van der Waals surface area contributed by atoms with Crippen LogP contribution >= 0.6 is 11.3 Å². The molecular formula is C28H30N2O6S. The number of thiophene rings is 1. The van der Waals surface area contributed by atoms with Crippen molar-refractivity contribution in [2.75, 3.05) is 27.4 Å². The number of rotatable bonds is 10. The topological polar surface area (TPSA) is 88.0 Å². The van der Waals surface area contributed by atoms with E-state index < -0.39 is 6.16 Å². The zero-order valence-electron chi connectivity index (χ0n) is 21.3. The first-order valence-electron chi connectivity index (χ1n) is 12.0. The number of benzene rings is 2. The molecule has 2 heterocycles. The fourth-order valence-electron chi connectivity index (χ4n) is 4.11. The van der Waals surface area contributed by atoms with Crippen LogP contribution in [0.1, 0.15) is 25.0 Å². The summed E-state index contributed by atoms with van der Waals surface area (Å²) < 4.78 is 23.1. The molecule has 9 heteroatoms. The molecule has 0 atom stereocenters. The molecule has 0 amide bonds. The molecule has 2 aromatic heterocycles. The van der Waals surface area contributed by atoms with Gasteiger partial charge in [0.2, 0.25) is 5.43 Å². The molecule has 0 saturated carbocycles. The third-order valence-corrected chi connectivity index (χ3v) is 7.18. The van der Waals surface area contributed by atoms with Crippen LogP contribution in [0.2, 0.25) is 0 Å². The first kappa shape index (κ1) is 26.2. The lowest BCUT2D eigenvalue weighted by molar-refractivity contribution is 0.104. The molecule has 0 aliphatic heterocycles. The lowest BCUT2D eigenvalue weighted by Crippen LogP contribution is -2.20. The van der Waals surface area contributed by atoms with Gasteiger partial charge in [0.15, 0.2) is 5.75 Å². The number of pyridine rings is 1. The molecule has 0 unspecified atom stereocenters. The highest BCUT2D eigenvalue weighted by Crippen LogP contribution is 2.39. The maximum absolute atomic E-state index is 13.7. The van der Waals surface area contributed by atoms with E-state index in [1.165, 1.54) is 11.3 Å². The number of methoxy groups -OCH3 is 2. The Labute approximate surface area is 219 Å². The van der Waals surface area contributed by atoms with Crippen molar-refractivity contribution in [2.45, 2.75) is 26.9 Å². The van der Waals surface area contributed by atoms with Crippen LogP contribution in [-0.4, -0.2) is 38.1 Å². The van der Waals surface area contributed by atoms with Crippen LogP contribution < -0.4 is 25.0 Å². The second kappa shape index (κ2) is 11.9. The van der Waals surface area contributed by atoms with Gasteiger partial charge in [0.25, 0.3) is 0 Å². The number of nitrogens with zero attached hydrogens (tertiary/aromatic N) is 1. The Morgan fingerprint density at radius 3 is 2.43 bits per heavy atom. The normalized spacial score (nSPS) is 10.9. The van der Waals surface area contributed by atoms with Gasteiger partial charge in [-0.2, -0.15) is 0 Å². The summed E-state index contributed by atoms with van der Waals surface area (Å²) >= 11 is 1.52. The lowest BCUT2D eigenvalue weighted by Gasteiger charge is -2.14. The number of carbonyl (C=O) groups is 1. The maximum Gasteiger partial charge on any atom is 0.514 e. The molecule has 4 rings (SSSR count). The van der Waals surface area contributed by atoms with Crippen molar-refractivity contribution in [1.29, 1.82) is 0 Å². The Hall–Kier alpha value is -3.82. The maximum atomic E-state index is 13.7. The lowest BCUT2D eigenvalue weighted by atomic mass is 10.1. The Bertz CT molecular complexity index is 1440. The van der Waals surface area contributed by atoms with Crippen molar-refractivity contribution in [3.05, 3.63) is 76.1 Å². The van der Waals surface area contributed by atoms with Crippen molar-refractivity contribution in [3.8, 4) is 27.7 Å². The van der Waals surface area contributed by atoms with Crippen molar-refractivity contribution in [1.82, 2.24) is 9.88 Å². The average molecular weight is 523 g/mol. The molecule has 0 bridgehead atoms. The predicted octanol–water partition coefficient (Wildman–Crippen LogP) is 5.44. The van der Waals surface area contributed by atoms with Crippen molar-refractivity contribution in [2.24, 2.45) is 0 Å². The smallest absolute Gasteiger partial charge is 0.497 e. The van der Waals surface area contributed by atoms with E-state index in [-0.39, 0.29) is 17.8 Å². The minimum Gasteiger partial charge on any atom is -0.497 e. The van der Waals surface area contributed by atoms with E-state index in [0.29, 0.717) is 18.5 Å². The third-order valence-electron chi connectivity index (χ3n) is 5.87. The number of aromatic nitrogens is 1. The van der Waals surface area contributed by atoms with E-state index in [4.69, 9.17) is 18.9 Å². The molecule has 1 N–H and O–H groups in total. The van der Waals surface area contributed by atoms with E-state index in [2.05, 4.69) is 5.32 Å². The molecule has 0 fully saturated rings. The predicted molar refractivity (Wildman–Crippen MR) is 145 cm³/mol. The number of ether oxygens (including phenoxy) is 4. The monoisotopic (exact) mass is 522 g/mol. The Kier molecular flexibility index (Phi) is 8.47. The van der Waals surface area contributed by atoms with Crippen LogP contribution in [-0.2, 0) is 17.8 Å². The summed E-state index contributed by atoms with van der Waals surface area (Å²) in [5.74, 6) is 1.39. The van der Waals surface area contributed by atoms with E-state index in [9.17, 15) is 9.59 Å². The number of hydrogen-bond donors (Lipinski definition) is 1. The third kappa shape index (κ3) is 5.63. The molecule has 0 spiro atoms. The van der Waals surface area contributed by atoms with Gasteiger partial charge in [-0.3, -0.25) is 4.79 Å². The highest BCUT2D eigenvalue weighted by atomic mass is 32.1. The number of hydrogen-bond acceptors (Lipinski definition) is 8. The van der Waals surface area contributed by atoms with Crippen molar-refractivity contribution < 1.29 is 23.7 Å². The number of nitrogens with one attached hydrogen (secondary N) is 1. The molecule has 4 aromatic rings. The molecule has 2 aromatic carbocycles. The first-order valence-corrected chi connectivity index (χ1v) is 12.8. The second-order valence-electron chi connectivity index (χ2n) is 8.15. The summed E-state index contributed by atoms with van der Waals surface area (Å²) in [6, 6.07) is 15.4. The molecule has 0 saturated heterocycles. The molecule has 0 radical (unpaired) electrons. The Morgan fingerprint density at radius 2 is 1.76 bits per heavy atom. The van der Waals surface area contributed by atoms with Gasteiger partial charge in [-0.25, -0.2) is 4.79 Å². The molecule has 8 nitrogen and oxygen atoms in total. The van der Waals surface area contributed by atoms with Crippen LogP contribution in [0.15, 0.2) is 59.5 Å². The Morgan fingerprint density at radius 1 is 1.00 bits per heavy atom. The van der Waals surface area contributed by atoms with Crippen LogP contribution in [0.4, 0.5) is 4.79 Å². The number of carbonyl (C=O) groups excluding carboxylic acids is 1. The van der Waals surface area contributed by atoms with E-state index in [1.807, 2.05) is 60.0 Å². The molecule has 194 valence electrons. The summed E-state index contributed by atoms with van der Waals surface area (Å²) in [6.45, 7) is 5.44. The summed E-state index contributed by atoms with van der Waals surface area (Å²) in [5, 5.41) is 3.86. The van der Waals surface area contributed by atoms with Gasteiger partial charge in [0.05, 0.1) is 39.0 Å². The molecular weight excluding hydrogens is 492 g/mol. The summed E-state index contributed by atoms with van der Waals surface area (Å²) in [5.41, 5.74) is 2.37. The standard InChI is InChI=1S/C28H30N2O6S/c1-5-29-15-21-24-25(31)23(36-28(32)35-6-2)17-30(16-19-9-7-8-10-22(19)34-4)27(24)37-26(21)18-11-13-20(33-3)14-12-18/h7-14,17,29H,5-6,15-16H2,1-4H3. The van der Waals surface area contributed by atoms with Crippen LogP contribution in [0.25, 0.3) is 20.7 Å². The van der Waals surface area contributed by atoms with E-state index in [0.717, 1.165) is 44.4 Å². The average Bonchev–Trinajstić information content (AvgIpc) is 3.30. The van der Waals surface area contributed by atoms with Gasteiger partial charge in [0, 0.05) is 17.0 Å². The largest absolute Gasteiger partial charge is 0.514 e. The van der Waals surface area contributed by atoms with Gasteiger partial charge in [-0.15, -0.1) is 11.3 Å². The summed E-state index contributed by atoms with van der Waals surface area (Å²) in [4.78, 5) is 27.6. The SMILES string of the molecule is CCNCc1c(-c2ccc(OC)cc2)sc2c1c(=O)c(OC(=O)OCC)cn2Cc1ccccc1OC. The van der Waals surface area contributed by atoms with Crippen molar-refractivity contribution in [3.63, 3.8) is 0 Å². The fourth-order valence-corrected chi connectivity index (χ4v) is 5.41. The zero-order chi connectivity index (χ0) is 26.4. The van der Waals surface area contributed by atoms with E-state index in [1.54, 1.807) is 27.3 Å². The van der Waals surface area contributed by atoms with Gasteiger partial charge in [-0.1, -0.05) is 25.1 Å². The highest BCUT2D eigenvalue weighted by Gasteiger charge is 2.23. The minimum atomic E-state index is -0.915. The van der Waals surface area contributed by atoms with Crippen LogP contribution in [0.5, 0.6) is 17.2 Å². The van der Waals surface area contributed by atoms with Gasteiger partial charge >= 0.3 is 6.16 Å². The molecule has 0 aliphatic rings. The molecule has 0 aliphatic carbocycles. The van der Waals surface area contributed by atoms with E-state index >= 15 is 0 Å². The fraction of sp³-hybridized carbons (Fsp3) is 0.286. The highest BCUT2D eigenvalue weighted by molar-refractivity contribution is 7.22. The zero-order valence-corrected chi connectivity index (χ0v) is 22.1. The Balaban J connectivity index is 1.96. The van der Waals surface area contributed by atoms with Crippen LogP contribution in [0, 0.1) is 0 Å². The second-order valence-corrected chi connectivity index (χ2v) is 9.15. The van der Waals surface area contributed by atoms with Crippen LogP contribution in [0.3, 0.4) is 0 Å². The van der Waals surface area contributed by atoms with Gasteiger partial charge in [-0.05, 0) is 54.9 Å². The first-order chi connectivity index (χ1) is 18.0. The van der Waals surface area contributed by atoms with Crippen molar-refractivity contribution >= 4 is 27.7 Å². The summed E-state index contributed by atoms with van der Waals surface area (Å²) in [7, 11) is 3.25. The quantitative estimate of drug-likeness (QED) is 0.278. The van der Waals surface area contributed by atoms with Gasteiger partial charge < -0.3 is 28.8 Å². The van der Waals surface area contributed by atoms with Gasteiger partial charge in [0.1, 0.15) is 16.3 Å².